The van der Waals surface area contributed by atoms with Gasteiger partial charge in [0, 0.05) is 25.4 Å². The molecule has 0 saturated carbocycles. The average molecular weight is 296 g/mol. The Hall–Kier alpha value is -2.19. The standard InChI is InChI=1S/C13H17FN4O3/c1-19-6-5-15-8-12-17-18-13(21-12)16-9-3-4-11(20-2)10(14)7-9/h3-4,7,15H,5-6,8H2,1-2H3,(H,16,18). The third-order valence-electron chi connectivity index (χ3n) is 2.63. The van der Waals surface area contributed by atoms with Gasteiger partial charge in [0.25, 0.3) is 0 Å². The van der Waals surface area contributed by atoms with E-state index in [0.29, 0.717) is 31.3 Å². The molecule has 0 atom stereocenters. The minimum atomic E-state index is -0.469. The van der Waals surface area contributed by atoms with E-state index in [-0.39, 0.29) is 11.8 Å². The van der Waals surface area contributed by atoms with Crippen molar-refractivity contribution in [1.82, 2.24) is 15.5 Å². The number of ether oxygens (including phenoxy) is 2. The van der Waals surface area contributed by atoms with Gasteiger partial charge in [-0.25, -0.2) is 4.39 Å². The minimum absolute atomic E-state index is 0.175. The van der Waals surface area contributed by atoms with Gasteiger partial charge in [0.1, 0.15) is 0 Å². The van der Waals surface area contributed by atoms with Gasteiger partial charge in [-0.05, 0) is 12.1 Å². The lowest BCUT2D eigenvalue weighted by molar-refractivity contribution is 0.198. The summed E-state index contributed by atoms with van der Waals surface area (Å²) in [6, 6.07) is 4.66. The fourth-order valence-electron chi connectivity index (χ4n) is 1.61. The normalized spacial score (nSPS) is 10.6. The van der Waals surface area contributed by atoms with Gasteiger partial charge in [-0.15, -0.1) is 5.10 Å². The molecule has 0 bridgehead atoms. The Balaban J connectivity index is 1.91. The van der Waals surface area contributed by atoms with E-state index in [1.165, 1.54) is 19.2 Å². The molecule has 1 aromatic heterocycles. The van der Waals surface area contributed by atoms with E-state index in [4.69, 9.17) is 13.9 Å². The zero-order valence-electron chi connectivity index (χ0n) is 11.9. The Morgan fingerprint density at radius 1 is 1.29 bits per heavy atom. The number of methoxy groups -OCH3 is 2. The topological polar surface area (TPSA) is 81.4 Å². The molecule has 2 aromatic rings. The van der Waals surface area contributed by atoms with E-state index in [2.05, 4.69) is 20.8 Å². The maximum atomic E-state index is 13.5. The number of rotatable bonds is 8. The number of hydrogen-bond acceptors (Lipinski definition) is 7. The highest BCUT2D eigenvalue weighted by molar-refractivity contribution is 5.53. The summed E-state index contributed by atoms with van der Waals surface area (Å²) in [6.45, 7) is 1.73. The van der Waals surface area contributed by atoms with E-state index in [9.17, 15) is 4.39 Å². The second-order valence-electron chi connectivity index (χ2n) is 4.14. The molecule has 2 rings (SSSR count). The zero-order chi connectivity index (χ0) is 15.1. The SMILES string of the molecule is COCCNCc1nnc(Nc2ccc(OC)c(F)c2)o1. The highest BCUT2D eigenvalue weighted by Crippen LogP contribution is 2.22. The molecule has 8 heteroatoms. The Labute approximate surface area is 121 Å². The molecule has 0 radical (unpaired) electrons. The van der Waals surface area contributed by atoms with Crippen LogP contribution in [-0.2, 0) is 11.3 Å². The molecule has 7 nitrogen and oxygen atoms in total. The van der Waals surface area contributed by atoms with Crippen molar-refractivity contribution in [3.8, 4) is 5.75 Å². The second kappa shape index (κ2) is 7.55. The predicted molar refractivity (Wildman–Crippen MR) is 74.1 cm³/mol. The van der Waals surface area contributed by atoms with Crippen molar-refractivity contribution in [1.29, 1.82) is 0 Å². The van der Waals surface area contributed by atoms with Crippen molar-refractivity contribution < 1.29 is 18.3 Å². The van der Waals surface area contributed by atoms with Crippen LogP contribution in [0, 0.1) is 5.82 Å². The summed E-state index contributed by atoms with van der Waals surface area (Å²) in [6.07, 6.45) is 0. The van der Waals surface area contributed by atoms with Crippen LogP contribution < -0.4 is 15.4 Å². The van der Waals surface area contributed by atoms with Crippen LogP contribution in [0.2, 0.25) is 0 Å². The van der Waals surface area contributed by atoms with Crippen molar-refractivity contribution in [3.63, 3.8) is 0 Å². The van der Waals surface area contributed by atoms with Gasteiger partial charge in [0.15, 0.2) is 11.6 Å². The molecule has 0 fully saturated rings. The maximum Gasteiger partial charge on any atom is 0.320 e. The molecule has 21 heavy (non-hydrogen) atoms. The number of aromatic nitrogens is 2. The van der Waals surface area contributed by atoms with E-state index < -0.39 is 5.82 Å². The Morgan fingerprint density at radius 2 is 2.14 bits per heavy atom. The number of benzene rings is 1. The molecule has 0 amide bonds. The van der Waals surface area contributed by atoms with Crippen LogP contribution >= 0.6 is 0 Å². The number of anilines is 2. The van der Waals surface area contributed by atoms with Crippen LogP contribution in [0.1, 0.15) is 5.89 Å². The molecule has 114 valence electrons. The average Bonchev–Trinajstić information content (AvgIpc) is 2.91. The van der Waals surface area contributed by atoms with E-state index in [0.717, 1.165) is 0 Å². The molecule has 0 unspecified atom stereocenters. The van der Waals surface area contributed by atoms with Crippen molar-refractivity contribution in [2.75, 3.05) is 32.7 Å². The molecule has 2 N–H and O–H groups in total. The van der Waals surface area contributed by atoms with Crippen molar-refractivity contribution in [2.45, 2.75) is 6.54 Å². The summed E-state index contributed by atoms with van der Waals surface area (Å²) in [5, 5.41) is 13.6. The van der Waals surface area contributed by atoms with Gasteiger partial charge in [-0.2, -0.15) is 0 Å². The summed E-state index contributed by atoms with van der Waals surface area (Å²) in [7, 11) is 3.04. The first-order valence-electron chi connectivity index (χ1n) is 6.35. The van der Waals surface area contributed by atoms with Crippen LogP contribution in [0.4, 0.5) is 16.1 Å². The minimum Gasteiger partial charge on any atom is -0.494 e. The van der Waals surface area contributed by atoms with Gasteiger partial charge in [0.2, 0.25) is 5.89 Å². The highest BCUT2D eigenvalue weighted by atomic mass is 19.1. The molecule has 0 aliphatic heterocycles. The Bertz CT molecular complexity index is 576. The van der Waals surface area contributed by atoms with Gasteiger partial charge in [0.05, 0.1) is 20.3 Å². The first-order valence-corrected chi connectivity index (χ1v) is 6.35. The molecular formula is C13H17FN4O3. The van der Waals surface area contributed by atoms with Crippen molar-refractivity contribution >= 4 is 11.7 Å². The highest BCUT2D eigenvalue weighted by Gasteiger charge is 2.08. The summed E-state index contributed by atoms with van der Waals surface area (Å²) >= 11 is 0. The lowest BCUT2D eigenvalue weighted by Gasteiger charge is -2.04. The predicted octanol–water partition coefficient (Wildman–Crippen LogP) is 1.70. The molecule has 0 aliphatic carbocycles. The summed E-state index contributed by atoms with van der Waals surface area (Å²) in [5.74, 6) is 0.139. The number of hydrogen-bond donors (Lipinski definition) is 2. The largest absolute Gasteiger partial charge is 0.494 e. The quantitative estimate of drug-likeness (QED) is 0.717. The third kappa shape index (κ3) is 4.40. The smallest absolute Gasteiger partial charge is 0.320 e. The van der Waals surface area contributed by atoms with E-state index >= 15 is 0 Å². The van der Waals surface area contributed by atoms with Gasteiger partial charge in [-0.3, -0.25) is 0 Å². The summed E-state index contributed by atoms with van der Waals surface area (Å²) in [4.78, 5) is 0. The second-order valence-corrected chi connectivity index (χ2v) is 4.14. The van der Waals surface area contributed by atoms with Crippen LogP contribution in [0.3, 0.4) is 0 Å². The number of halogens is 1. The maximum absolute atomic E-state index is 13.5. The van der Waals surface area contributed by atoms with E-state index in [1.54, 1.807) is 13.2 Å². The summed E-state index contributed by atoms with van der Waals surface area (Å²) < 4.78 is 28.7. The van der Waals surface area contributed by atoms with Crippen LogP contribution in [0.5, 0.6) is 5.75 Å². The molecule has 1 heterocycles. The number of nitrogens with one attached hydrogen (secondary N) is 2. The molecule has 1 aromatic carbocycles. The first-order chi connectivity index (χ1) is 10.2. The first kappa shape index (κ1) is 15.2. The van der Waals surface area contributed by atoms with Gasteiger partial charge >= 0.3 is 6.01 Å². The van der Waals surface area contributed by atoms with Gasteiger partial charge in [-0.1, -0.05) is 5.10 Å². The monoisotopic (exact) mass is 296 g/mol. The molecule has 0 spiro atoms. The zero-order valence-corrected chi connectivity index (χ0v) is 11.9. The molecule has 0 aliphatic rings. The van der Waals surface area contributed by atoms with Crippen LogP contribution in [-0.4, -0.2) is 37.6 Å². The fourth-order valence-corrected chi connectivity index (χ4v) is 1.61. The lowest BCUT2D eigenvalue weighted by Crippen LogP contribution is -2.18. The Kier molecular flexibility index (Phi) is 5.47. The molecule has 0 saturated heterocycles. The summed E-state index contributed by atoms with van der Waals surface area (Å²) in [5.41, 5.74) is 0.496. The van der Waals surface area contributed by atoms with Crippen molar-refractivity contribution in [2.24, 2.45) is 0 Å². The van der Waals surface area contributed by atoms with Crippen LogP contribution in [0.25, 0.3) is 0 Å². The van der Waals surface area contributed by atoms with E-state index in [1.807, 2.05) is 0 Å². The third-order valence-corrected chi connectivity index (χ3v) is 2.63. The fraction of sp³-hybridized carbons (Fsp3) is 0.385. The molecular weight excluding hydrogens is 279 g/mol. The van der Waals surface area contributed by atoms with Crippen molar-refractivity contribution in [3.05, 3.63) is 29.9 Å². The van der Waals surface area contributed by atoms with Gasteiger partial charge < -0.3 is 24.5 Å². The van der Waals surface area contributed by atoms with Crippen LogP contribution in [0.15, 0.2) is 22.6 Å². The lowest BCUT2D eigenvalue weighted by atomic mass is 10.3. The Morgan fingerprint density at radius 3 is 2.86 bits per heavy atom. The number of nitrogens with zero attached hydrogens (tertiary/aromatic N) is 2.